The van der Waals surface area contributed by atoms with Gasteiger partial charge in [-0.3, -0.25) is 0 Å². The van der Waals surface area contributed by atoms with Gasteiger partial charge in [-0.05, 0) is 37.8 Å². The third kappa shape index (κ3) is 5.94. The van der Waals surface area contributed by atoms with E-state index in [4.69, 9.17) is 0 Å². The zero-order valence-corrected chi connectivity index (χ0v) is 14.2. The van der Waals surface area contributed by atoms with Gasteiger partial charge in [0.15, 0.2) is 0 Å². The van der Waals surface area contributed by atoms with Crippen LogP contribution in [-0.4, -0.2) is 12.6 Å². The molecule has 1 rings (SSSR count). The average Bonchev–Trinajstić information content (AvgIpc) is 2.53. The standard InChI is InChI=1S/C20H31N/c1-5-8-10-15-19(21-16-6-2)20(17(4)7-3)18-13-11-9-12-14-18/h9,11-14,17,19-21H,6-7,10,15-16H2,1-4H3. The van der Waals surface area contributed by atoms with Gasteiger partial charge in [-0.2, -0.15) is 0 Å². The first-order chi connectivity index (χ1) is 10.2. The molecule has 0 saturated carbocycles. The molecule has 0 aromatic heterocycles. The van der Waals surface area contributed by atoms with Crippen LogP contribution in [0.2, 0.25) is 0 Å². The Morgan fingerprint density at radius 2 is 1.86 bits per heavy atom. The van der Waals surface area contributed by atoms with Crippen LogP contribution in [0.1, 0.15) is 64.9 Å². The van der Waals surface area contributed by atoms with E-state index in [-0.39, 0.29) is 0 Å². The van der Waals surface area contributed by atoms with Gasteiger partial charge in [0.05, 0.1) is 0 Å². The Bertz CT molecular complexity index is 426. The van der Waals surface area contributed by atoms with Crippen molar-refractivity contribution in [3.8, 4) is 11.8 Å². The molecule has 3 atom stereocenters. The first-order valence-corrected chi connectivity index (χ1v) is 8.42. The molecule has 1 nitrogen and oxygen atoms in total. The summed E-state index contributed by atoms with van der Waals surface area (Å²) in [5.74, 6) is 7.50. The van der Waals surface area contributed by atoms with E-state index in [2.05, 4.69) is 68.3 Å². The van der Waals surface area contributed by atoms with Gasteiger partial charge in [0.1, 0.15) is 0 Å². The van der Waals surface area contributed by atoms with E-state index in [1.807, 2.05) is 6.92 Å². The molecule has 1 aromatic carbocycles. The fourth-order valence-electron chi connectivity index (χ4n) is 2.98. The van der Waals surface area contributed by atoms with Crippen LogP contribution in [0.3, 0.4) is 0 Å². The summed E-state index contributed by atoms with van der Waals surface area (Å²) in [7, 11) is 0. The lowest BCUT2D eigenvalue weighted by Gasteiger charge is -2.32. The predicted octanol–water partition coefficient (Wildman–Crippen LogP) is 4.99. The summed E-state index contributed by atoms with van der Waals surface area (Å²) >= 11 is 0. The van der Waals surface area contributed by atoms with E-state index in [0.29, 0.717) is 17.9 Å². The van der Waals surface area contributed by atoms with E-state index >= 15 is 0 Å². The van der Waals surface area contributed by atoms with Crippen LogP contribution >= 0.6 is 0 Å². The monoisotopic (exact) mass is 285 g/mol. The van der Waals surface area contributed by atoms with Gasteiger partial charge in [-0.15, -0.1) is 11.8 Å². The van der Waals surface area contributed by atoms with Crippen molar-refractivity contribution < 1.29 is 0 Å². The van der Waals surface area contributed by atoms with Gasteiger partial charge in [0.2, 0.25) is 0 Å². The minimum absolute atomic E-state index is 0.517. The van der Waals surface area contributed by atoms with Crippen molar-refractivity contribution in [1.29, 1.82) is 0 Å². The van der Waals surface area contributed by atoms with Crippen molar-refractivity contribution in [2.45, 2.75) is 65.3 Å². The predicted molar refractivity (Wildman–Crippen MR) is 93.4 cm³/mol. The number of rotatable bonds is 9. The maximum atomic E-state index is 3.77. The zero-order valence-electron chi connectivity index (χ0n) is 14.2. The SMILES string of the molecule is CC#CCCC(NCCC)C(c1ccccc1)C(C)CC. The summed E-state index contributed by atoms with van der Waals surface area (Å²) in [6.45, 7) is 9.92. The number of nitrogens with one attached hydrogen (secondary N) is 1. The van der Waals surface area contributed by atoms with Crippen LogP contribution in [0, 0.1) is 17.8 Å². The highest BCUT2D eigenvalue weighted by atomic mass is 14.9. The van der Waals surface area contributed by atoms with Crippen LogP contribution in [0.4, 0.5) is 0 Å². The van der Waals surface area contributed by atoms with Crippen LogP contribution in [0.5, 0.6) is 0 Å². The molecular formula is C20H31N. The molecule has 0 saturated heterocycles. The quantitative estimate of drug-likeness (QED) is 0.630. The molecule has 1 heteroatoms. The maximum absolute atomic E-state index is 3.77. The molecule has 0 bridgehead atoms. The second-order valence-electron chi connectivity index (χ2n) is 5.85. The minimum atomic E-state index is 0.517. The van der Waals surface area contributed by atoms with Crippen molar-refractivity contribution in [2.75, 3.05) is 6.54 Å². The van der Waals surface area contributed by atoms with Crippen LogP contribution in [-0.2, 0) is 0 Å². The summed E-state index contributed by atoms with van der Waals surface area (Å²) in [5, 5.41) is 3.77. The van der Waals surface area contributed by atoms with Crippen molar-refractivity contribution in [3.05, 3.63) is 35.9 Å². The molecular weight excluding hydrogens is 254 g/mol. The first kappa shape index (κ1) is 17.8. The second-order valence-corrected chi connectivity index (χ2v) is 5.85. The van der Waals surface area contributed by atoms with Crippen LogP contribution in [0.25, 0.3) is 0 Å². The molecule has 1 aromatic rings. The Labute approximate surface area is 131 Å². The summed E-state index contributed by atoms with van der Waals surface area (Å²) in [5.41, 5.74) is 1.46. The van der Waals surface area contributed by atoms with E-state index in [0.717, 1.165) is 19.4 Å². The summed E-state index contributed by atoms with van der Waals surface area (Å²) in [6, 6.07) is 11.5. The molecule has 0 fully saturated rings. The van der Waals surface area contributed by atoms with Gasteiger partial charge in [-0.1, -0.05) is 57.5 Å². The Morgan fingerprint density at radius 3 is 2.43 bits per heavy atom. The fraction of sp³-hybridized carbons (Fsp3) is 0.600. The van der Waals surface area contributed by atoms with Gasteiger partial charge < -0.3 is 5.32 Å². The molecule has 0 aliphatic rings. The smallest absolute Gasteiger partial charge is 0.0147 e. The molecule has 0 spiro atoms. The summed E-state index contributed by atoms with van der Waals surface area (Å²) in [4.78, 5) is 0. The van der Waals surface area contributed by atoms with Gasteiger partial charge in [0.25, 0.3) is 0 Å². The van der Waals surface area contributed by atoms with Crippen LogP contribution in [0.15, 0.2) is 30.3 Å². The lowest BCUT2D eigenvalue weighted by atomic mass is 9.78. The van der Waals surface area contributed by atoms with Crippen molar-refractivity contribution >= 4 is 0 Å². The zero-order chi connectivity index (χ0) is 15.5. The number of benzene rings is 1. The van der Waals surface area contributed by atoms with Gasteiger partial charge in [0, 0.05) is 18.4 Å². The van der Waals surface area contributed by atoms with E-state index in [1.165, 1.54) is 18.4 Å². The normalized spacial score (nSPS) is 14.9. The van der Waals surface area contributed by atoms with Gasteiger partial charge in [-0.25, -0.2) is 0 Å². The maximum Gasteiger partial charge on any atom is 0.0147 e. The topological polar surface area (TPSA) is 12.0 Å². The highest BCUT2D eigenvalue weighted by Crippen LogP contribution is 2.32. The number of hydrogen-bond donors (Lipinski definition) is 1. The number of hydrogen-bond acceptors (Lipinski definition) is 1. The lowest BCUT2D eigenvalue weighted by molar-refractivity contribution is 0.323. The largest absolute Gasteiger partial charge is 0.313 e. The third-order valence-electron chi connectivity index (χ3n) is 4.29. The van der Waals surface area contributed by atoms with E-state index in [9.17, 15) is 0 Å². The lowest BCUT2D eigenvalue weighted by Crippen LogP contribution is -2.38. The minimum Gasteiger partial charge on any atom is -0.313 e. The highest BCUT2D eigenvalue weighted by Gasteiger charge is 2.26. The molecule has 116 valence electrons. The molecule has 0 aliphatic heterocycles. The highest BCUT2D eigenvalue weighted by molar-refractivity contribution is 5.22. The van der Waals surface area contributed by atoms with E-state index in [1.54, 1.807) is 0 Å². The third-order valence-corrected chi connectivity index (χ3v) is 4.29. The summed E-state index contributed by atoms with van der Waals surface area (Å²) in [6.07, 6.45) is 4.50. The van der Waals surface area contributed by atoms with Crippen molar-refractivity contribution in [1.82, 2.24) is 5.32 Å². The van der Waals surface area contributed by atoms with Gasteiger partial charge >= 0.3 is 0 Å². The van der Waals surface area contributed by atoms with Crippen molar-refractivity contribution in [3.63, 3.8) is 0 Å². The Kier molecular flexibility index (Phi) is 8.87. The molecule has 1 N–H and O–H groups in total. The molecule has 3 unspecified atom stereocenters. The Hall–Kier alpha value is -1.26. The Balaban J connectivity index is 2.94. The van der Waals surface area contributed by atoms with E-state index < -0.39 is 0 Å². The first-order valence-electron chi connectivity index (χ1n) is 8.42. The molecule has 0 amide bonds. The summed E-state index contributed by atoms with van der Waals surface area (Å²) < 4.78 is 0. The average molecular weight is 285 g/mol. The van der Waals surface area contributed by atoms with Crippen molar-refractivity contribution in [2.24, 2.45) is 5.92 Å². The van der Waals surface area contributed by atoms with Crippen LogP contribution < -0.4 is 5.32 Å². The molecule has 0 aliphatic carbocycles. The molecule has 0 heterocycles. The second kappa shape index (κ2) is 10.5. The Morgan fingerprint density at radius 1 is 1.14 bits per heavy atom. The molecule has 21 heavy (non-hydrogen) atoms. The fourth-order valence-corrected chi connectivity index (χ4v) is 2.98. The molecule has 0 radical (unpaired) electrons.